The van der Waals surface area contributed by atoms with Crippen molar-refractivity contribution in [2.24, 2.45) is 0 Å². The molecule has 0 unspecified atom stereocenters. The maximum atomic E-state index is 11.3. The minimum atomic E-state index is -3.24. The quantitative estimate of drug-likeness (QED) is 0.896. The molecule has 1 fully saturated rings. The van der Waals surface area contributed by atoms with Crippen LogP contribution in [0.25, 0.3) is 0 Å². The van der Waals surface area contributed by atoms with Gasteiger partial charge in [-0.2, -0.15) is 0 Å². The molecule has 1 N–H and O–H groups in total. The van der Waals surface area contributed by atoms with Crippen molar-refractivity contribution in [3.8, 4) is 0 Å². The number of hydrogen-bond acceptors (Lipinski definition) is 4. The summed E-state index contributed by atoms with van der Waals surface area (Å²) in [5.41, 5.74) is 2.58. The topological polar surface area (TPSA) is 58.6 Å². The van der Waals surface area contributed by atoms with Crippen LogP contribution in [0.5, 0.6) is 0 Å². The smallest absolute Gasteiger partial charge is 0.229 e. The Kier molecular flexibility index (Phi) is 3.77. The number of anilines is 2. The Labute approximate surface area is 108 Å². The number of hydrogen-bond donors (Lipinski definition) is 1. The largest absolute Gasteiger partial charge is 0.378 e. The van der Waals surface area contributed by atoms with Gasteiger partial charge in [-0.1, -0.05) is 6.07 Å². The zero-order valence-corrected chi connectivity index (χ0v) is 11.5. The summed E-state index contributed by atoms with van der Waals surface area (Å²) in [6.45, 7) is 4.98. The molecule has 100 valence electrons. The van der Waals surface area contributed by atoms with Crippen LogP contribution in [0.3, 0.4) is 0 Å². The Hall–Kier alpha value is -1.27. The predicted molar refractivity (Wildman–Crippen MR) is 72.7 cm³/mol. The van der Waals surface area contributed by atoms with Gasteiger partial charge in [0.05, 0.1) is 25.2 Å². The zero-order valence-electron chi connectivity index (χ0n) is 10.6. The van der Waals surface area contributed by atoms with Crippen LogP contribution in [0.2, 0.25) is 0 Å². The Bertz CT molecular complexity index is 522. The second kappa shape index (κ2) is 5.16. The van der Waals surface area contributed by atoms with Crippen molar-refractivity contribution in [3.05, 3.63) is 23.8 Å². The predicted octanol–water partition coefficient (Wildman–Crippen LogP) is 1.20. The molecule has 0 amide bonds. The van der Waals surface area contributed by atoms with E-state index in [0.717, 1.165) is 30.6 Å². The Morgan fingerprint density at radius 2 is 1.94 bits per heavy atom. The summed E-state index contributed by atoms with van der Waals surface area (Å²) in [6.07, 6.45) is 1.16. The van der Waals surface area contributed by atoms with Crippen LogP contribution >= 0.6 is 0 Å². The molecule has 1 aliphatic rings. The minimum Gasteiger partial charge on any atom is -0.378 e. The van der Waals surface area contributed by atoms with E-state index in [1.807, 2.05) is 25.1 Å². The second-order valence-corrected chi connectivity index (χ2v) is 6.22. The van der Waals surface area contributed by atoms with Crippen molar-refractivity contribution in [1.82, 2.24) is 0 Å². The lowest BCUT2D eigenvalue weighted by atomic mass is 10.1. The number of nitrogens with zero attached hydrogens (tertiary/aromatic N) is 1. The van der Waals surface area contributed by atoms with Crippen LogP contribution in [-0.4, -0.2) is 41.0 Å². The van der Waals surface area contributed by atoms with E-state index in [2.05, 4.69) is 9.62 Å². The summed E-state index contributed by atoms with van der Waals surface area (Å²) < 4.78 is 30.4. The van der Waals surface area contributed by atoms with Crippen molar-refractivity contribution < 1.29 is 13.2 Å². The maximum Gasteiger partial charge on any atom is 0.229 e. The van der Waals surface area contributed by atoms with Gasteiger partial charge in [0.2, 0.25) is 10.0 Å². The van der Waals surface area contributed by atoms with E-state index in [1.54, 1.807) is 0 Å². The first kappa shape index (κ1) is 13.2. The van der Waals surface area contributed by atoms with Crippen molar-refractivity contribution in [2.75, 3.05) is 42.2 Å². The highest BCUT2D eigenvalue weighted by molar-refractivity contribution is 7.92. The summed E-state index contributed by atoms with van der Waals surface area (Å²) in [6, 6.07) is 5.81. The van der Waals surface area contributed by atoms with Gasteiger partial charge < -0.3 is 9.64 Å². The highest BCUT2D eigenvalue weighted by Gasteiger charge is 2.13. The molecule has 0 bridgehead atoms. The number of rotatable bonds is 3. The van der Waals surface area contributed by atoms with Crippen LogP contribution in [0.4, 0.5) is 11.4 Å². The fourth-order valence-corrected chi connectivity index (χ4v) is 2.56. The van der Waals surface area contributed by atoms with Gasteiger partial charge in [0, 0.05) is 18.8 Å². The third kappa shape index (κ3) is 3.36. The molecule has 1 aliphatic heterocycles. The average molecular weight is 270 g/mol. The molecule has 0 radical (unpaired) electrons. The SMILES string of the molecule is Cc1ccc(N2CCOCC2)cc1NS(C)(=O)=O. The summed E-state index contributed by atoms with van der Waals surface area (Å²) >= 11 is 0. The van der Waals surface area contributed by atoms with Gasteiger partial charge in [0.25, 0.3) is 0 Å². The molecule has 0 atom stereocenters. The van der Waals surface area contributed by atoms with Gasteiger partial charge in [0.1, 0.15) is 0 Å². The number of nitrogens with one attached hydrogen (secondary N) is 1. The zero-order chi connectivity index (χ0) is 13.2. The number of aryl methyl sites for hydroxylation is 1. The summed E-state index contributed by atoms with van der Waals surface area (Å²) in [5.74, 6) is 0. The van der Waals surface area contributed by atoms with Gasteiger partial charge in [-0.3, -0.25) is 4.72 Å². The van der Waals surface area contributed by atoms with E-state index in [1.165, 1.54) is 0 Å². The first-order valence-electron chi connectivity index (χ1n) is 5.87. The van der Waals surface area contributed by atoms with Gasteiger partial charge in [-0.15, -0.1) is 0 Å². The lowest BCUT2D eigenvalue weighted by Crippen LogP contribution is -2.36. The summed E-state index contributed by atoms with van der Waals surface area (Å²) in [5, 5.41) is 0. The molecule has 0 aromatic heterocycles. The van der Waals surface area contributed by atoms with E-state index in [0.29, 0.717) is 18.9 Å². The van der Waals surface area contributed by atoms with E-state index in [-0.39, 0.29) is 0 Å². The molecular formula is C12H18N2O3S. The monoisotopic (exact) mass is 270 g/mol. The lowest BCUT2D eigenvalue weighted by molar-refractivity contribution is 0.122. The Morgan fingerprint density at radius 1 is 1.28 bits per heavy atom. The summed E-state index contributed by atoms with van der Waals surface area (Å²) in [4.78, 5) is 2.19. The fourth-order valence-electron chi connectivity index (χ4n) is 1.94. The van der Waals surface area contributed by atoms with Crippen LogP contribution in [0, 0.1) is 6.92 Å². The molecule has 1 saturated heterocycles. The van der Waals surface area contributed by atoms with Gasteiger partial charge in [0.15, 0.2) is 0 Å². The minimum absolute atomic E-state index is 0.640. The highest BCUT2D eigenvalue weighted by Crippen LogP contribution is 2.24. The van der Waals surface area contributed by atoms with Crippen molar-refractivity contribution in [2.45, 2.75) is 6.92 Å². The highest BCUT2D eigenvalue weighted by atomic mass is 32.2. The van der Waals surface area contributed by atoms with Gasteiger partial charge >= 0.3 is 0 Å². The number of morpholine rings is 1. The maximum absolute atomic E-state index is 11.3. The molecule has 2 rings (SSSR count). The number of ether oxygens (including phenoxy) is 1. The second-order valence-electron chi connectivity index (χ2n) is 4.47. The first-order valence-corrected chi connectivity index (χ1v) is 7.76. The molecule has 18 heavy (non-hydrogen) atoms. The van der Waals surface area contributed by atoms with Gasteiger partial charge in [-0.25, -0.2) is 8.42 Å². The van der Waals surface area contributed by atoms with Crippen LogP contribution in [0.1, 0.15) is 5.56 Å². The van der Waals surface area contributed by atoms with E-state index in [4.69, 9.17) is 4.74 Å². The molecular weight excluding hydrogens is 252 g/mol. The Balaban J connectivity index is 2.25. The van der Waals surface area contributed by atoms with E-state index < -0.39 is 10.0 Å². The molecule has 0 aliphatic carbocycles. The first-order chi connectivity index (χ1) is 8.46. The molecule has 0 spiro atoms. The van der Waals surface area contributed by atoms with Crippen LogP contribution < -0.4 is 9.62 Å². The van der Waals surface area contributed by atoms with Crippen LogP contribution in [0.15, 0.2) is 18.2 Å². The fraction of sp³-hybridized carbons (Fsp3) is 0.500. The van der Waals surface area contributed by atoms with Crippen LogP contribution in [-0.2, 0) is 14.8 Å². The molecule has 1 aromatic rings. The third-order valence-corrected chi connectivity index (χ3v) is 3.48. The molecule has 1 aromatic carbocycles. The molecule has 5 nitrogen and oxygen atoms in total. The number of benzene rings is 1. The average Bonchev–Trinajstić information content (AvgIpc) is 2.31. The van der Waals surface area contributed by atoms with E-state index in [9.17, 15) is 8.42 Å². The van der Waals surface area contributed by atoms with Crippen molar-refractivity contribution in [1.29, 1.82) is 0 Å². The summed E-state index contributed by atoms with van der Waals surface area (Å²) in [7, 11) is -3.24. The van der Waals surface area contributed by atoms with Crippen molar-refractivity contribution in [3.63, 3.8) is 0 Å². The lowest BCUT2D eigenvalue weighted by Gasteiger charge is -2.29. The number of sulfonamides is 1. The normalized spacial score (nSPS) is 16.7. The van der Waals surface area contributed by atoms with E-state index >= 15 is 0 Å². The molecule has 1 heterocycles. The third-order valence-electron chi connectivity index (χ3n) is 2.89. The standard InChI is InChI=1S/C12H18N2O3S/c1-10-3-4-11(14-5-7-17-8-6-14)9-12(10)13-18(2,15)16/h3-4,9,13H,5-8H2,1-2H3. The van der Waals surface area contributed by atoms with Crippen molar-refractivity contribution >= 4 is 21.4 Å². The van der Waals surface area contributed by atoms with Gasteiger partial charge in [-0.05, 0) is 24.6 Å². The molecule has 6 heteroatoms. The molecule has 0 saturated carbocycles. The Morgan fingerprint density at radius 3 is 2.56 bits per heavy atom.